The van der Waals surface area contributed by atoms with E-state index in [-0.39, 0.29) is 0 Å². The first-order chi connectivity index (χ1) is 55.2. The largest absolute Gasteiger partial charge is 0.508 e. The zero-order valence-corrected chi connectivity index (χ0v) is 56.6. The molecule has 0 aromatic heterocycles. The highest BCUT2D eigenvalue weighted by molar-refractivity contribution is 5.09. The van der Waals surface area contributed by atoms with Gasteiger partial charge in [-0.2, -0.15) is 0 Å². The molecule has 12 rings (SSSR count). The van der Waals surface area contributed by atoms with Gasteiger partial charge in [0.2, 0.25) is 73.2 Å². The molecule has 660 valence electrons. The third-order valence-electron chi connectivity index (χ3n) is 20.4. The fourth-order valence-corrected chi connectivity index (χ4v) is 13.7. The molecule has 12 atom stereocenters. The highest BCUT2D eigenvalue weighted by Crippen LogP contribution is 2.50. The Morgan fingerprint density at radius 1 is 0.117 bits per heavy atom. The SMILES string of the molecule is O=[N+]([O-])C1([N+](=O)[O-])CO[C@@H]2[C@H]1OCC2([N+](=O)[O-])[N+](=O)[O-].O=[N+]([O-])C1([N+](=O)[O-])CO[C@@H]2[C@H]1OCC2([N+](=O)[O-])[N+](=O)[O-].O=[N+]([O-])C1([N+](=O)[O-])CO[C@@H]2[C@H]1OCC2([N+](=O)[O-])[N+](=O)[O-].O=[N+]([O-])C1([N+](=O)[O-])CO[C@@H]2[C@H]1OCC2([N+](=O)[O-])[N+](=O)[O-].O=[N+]([O-])C1([N+](=O)[O-])CO[C@@H]2[C@H]1OCC2([N+](=O)[O-])[N+](=O)[O-].O=[N+]([O-])C1([N+](=O)[O-])CO[C@@H]2[C@H]1OCC2([N+](=O)[O-])[N+](=O)[O-]. The Bertz CT molecular complexity index is 3380. The lowest BCUT2D eigenvalue weighted by Gasteiger charge is -2.14. The quantitative estimate of drug-likeness (QED) is 0.0492. The van der Waals surface area contributed by atoms with Gasteiger partial charge in [-0.15, -0.1) is 0 Å². The first-order valence-corrected chi connectivity index (χ1v) is 30.1. The number of nitro groups is 24. The highest BCUT2D eigenvalue weighted by Gasteiger charge is 2.92. The number of rotatable bonds is 24. The van der Waals surface area contributed by atoms with Gasteiger partial charge in [-0.25, -0.2) is 0 Å². The van der Waals surface area contributed by atoms with Crippen LogP contribution in [0.15, 0.2) is 0 Å². The maximum atomic E-state index is 10.9. The Labute approximate surface area is 638 Å². The minimum Gasteiger partial charge on any atom is -0.345 e. The Morgan fingerprint density at radius 3 is 0.192 bits per heavy atom. The molecule has 0 N–H and O–H groups in total. The number of hydrogen-bond acceptors (Lipinski definition) is 60. The Balaban J connectivity index is 0.000000198. The van der Waals surface area contributed by atoms with Crippen LogP contribution in [0.2, 0.25) is 0 Å². The van der Waals surface area contributed by atoms with Gasteiger partial charge in [0.25, 0.3) is 0 Å². The second kappa shape index (κ2) is 31.0. The van der Waals surface area contributed by atoms with Crippen LogP contribution in [-0.2, 0) is 56.8 Å². The summed E-state index contributed by atoms with van der Waals surface area (Å²) in [5, 5.41) is 262. The summed E-state index contributed by atoms with van der Waals surface area (Å²) in [5.74, 6) is 0. The standard InChI is InChI=1S/6C6H6N4O10/c6*11-7(12)5(8(13)14)1-19-4-3(5)20-2-6(4,9(15)16)10(17)18/h6*3-4H,1-2H2/t6*3-,4-/m111111/s1. The molecule has 0 saturated carbocycles. The fraction of sp³-hybridized carbons (Fsp3) is 1.00. The van der Waals surface area contributed by atoms with Crippen molar-refractivity contribution < 1.29 is 175 Å². The topological polar surface area (TPSA) is 1150 Å². The molecule has 0 amide bonds. The molecule has 12 saturated heterocycles. The summed E-state index contributed by atoms with van der Waals surface area (Å²) in [4.78, 5) is 231. The molecule has 12 aliphatic heterocycles. The summed E-state index contributed by atoms with van der Waals surface area (Å²) in [6.07, 6.45) is -24.1. The zero-order chi connectivity index (χ0) is 91.8. The van der Waals surface area contributed by atoms with E-state index in [1.807, 2.05) is 0 Å². The number of hydrogen-bond donors (Lipinski definition) is 0. The van der Waals surface area contributed by atoms with Gasteiger partial charge in [-0.05, 0) is 0 Å². The van der Waals surface area contributed by atoms with Crippen molar-refractivity contribution in [3.05, 3.63) is 243 Å². The van der Waals surface area contributed by atoms with Crippen molar-refractivity contribution in [2.45, 2.75) is 141 Å². The van der Waals surface area contributed by atoms with Crippen LogP contribution in [0.3, 0.4) is 0 Å². The van der Waals surface area contributed by atoms with Gasteiger partial charge in [-0.3, -0.25) is 243 Å². The van der Waals surface area contributed by atoms with Crippen LogP contribution in [0.1, 0.15) is 0 Å². The molecule has 12 aliphatic rings. The summed E-state index contributed by atoms with van der Waals surface area (Å²) in [7, 11) is 0. The Morgan fingerprint density at radius 2 is 0.158 bits per heavy atom. The van der Waals surface area contributed by atoms with Crippen LogP contribution in [0, 0.1) is 243 Å². The average Bonchev–Trinajstić information content (AvgIpc) is 1.59. The molecular weight excluding hydrogens is 1730 g/mol. The summed E-state index contributed by atoms with van der Waals surface area (Å²) in [5.41, 5.74) is -35.9. The molecule has 0 aliphatic carbocycles. The molecule has 0 unspecified atom stereocenters. The van der Waals surface area contributed by atoms with Gasteiger partial charge in [0.1, 0.15) is 118 Å². The smallest absolute Gasteiger partial charge is 0.345 e. The number of ether oxygens (including phenoxy) is 12. The van der Waals surface area contributed by atoms with Crippen LogP contribution >= 0.6 is 0 Å². The maximum Gasteiger partial charge on any atom is 0.508 e. The zero-order valence-electron chi connectivity index (χ0n) is 56.6. The predicted octanol–water partition coefficient (Wildman–Crippen LogP) is -10.3. The highest BCUT2D eigenvalue weighted by atomic mass is 16.8. The molecule has 84 heteroatoms. The van der Waals surface area contributed by atoms with Crippen LogP contribution < -0.4 is 0 Å². The molecule has 0 spiro atoms. The average molecular weight is 1760 g/mol. The van der Waals surface area contributed by atoms with Crippen molar-refractivity contribution in [1.82, 2.24) is 0 Å². The minimum absolute atomic E-state index is 1.15. The van der Waals surface area contributed by atoms with E-state index in [1.54, 1.807) is 0 Å². The fourth-order valence-electron chi connectivity index (χ4n) is 13.7. The monoisotopic (exact) mass is 1760 g/mol. The van der Waals surface area contributed by atoms with Gasteiger partial charge < -0.3 is 56.8 Å². The summed E-state index contributed by atoms with van der Waals surface area (Å²) >= 11 is 0. The van der Waals surface area contributed by atoms with Crippen molar-refractivity contribution in [2.75, 3.05) is 79.3 Å². The second-order valence-corrected chi connectivity index (χ2v) is 25.5. The third-order valence-corrected chi connectivity index (χ3v) is 20.4. The van der Waals surface area contributed by atoms with Crippen LogP contribution in [-0.4, -0.2) is 339 Å². The van der Waals surface area contributed by atoms with Crippen LogP contribution in [0.5, 0.6) is 0 Å². The molecule has 84 nitrogen and oxygen atoms in total. The van der Waals surface area contributed by atoms with E-state index in [1.165, 1.54) is 0 Å². The lowest BCUT2D eigenvalue weighted by molar-refractivity contribution is -0.801. The maximum absolute atomic E-state index is 10.9. The molecule has 0 bridgehead atoms. The molecule has 12 heterocycles. The lowest BCUT2D eigenvalue weighted by Crippen LogP contribution is -2.59. The van der Waals surface area contributed by atoms with E-state index in [9.17, 15) is 243 Å². The van der Waals surface area contributed by atoms with Gasteiger partial charge in [-0.1, -0.05) is 0 Å². The van der Waals surface area contributed by atoms with Gasteiger partial charge in [0, 0.05) is 0 Å². The minimum atomic E-state index is -2.99. The Hall–Kier alpha value is -14.9. The second-order valence-electron chi connectivity index (χ2n) is 25.5. The summed E-state index contributed by atoms with van der Waals surface area (Å²) < 4.78 is 55.9. The van der Waals surface area contributed by atoms with Crippen molar-refractivity contribution in [1.29, 1.82) is 0 Å². The lowest BCUT2D eigenvalue weighted by atomic mass is 9.98. The van der Waals surface area contributed by atoms with E-state index in [0.29, 0.717) is 0 Å². The molecule has 12 fully saturated rings. The van der Waals surface area contributed by atoms with Crippen LogP contribution in [0.25, 0.3) is 0 Å². The van der Waals surface area contributed by atoms with E-state index >= 15 is 0 Å². The van der Waals surface area contributed by atoms with E-state index < -0.39 is 339 Å². The molecule has 120 heavy (non-hydrogen) atoms. The molecule has 0 aromatic carbocycles. The summed E-state index contributed by atoms with van der Waals surface area (Å²) in [6.45, 7) is -13.8. The van der Waals surface area contributed by atoms with Crippen LogP contribution in [0.4, 0.5) is 0 Å². The van der Waals surface area contributed by atoms with Gasteiger partial charge in [0.15, 0.2) is 79.3 Å². The van der Waals surface area contributed by atoms with Crippen molar-refractivity contribution in [2.24, 2.45) is 0 Å². The molecule has 0 aromatic rings. The number of fused-ring (bicyclic) bond motifs is 6. The molecular formula is C36H36N24O60. The Kier molecular flexibility index (Phi) is 23.8. The number of nitrogens with zero attached hydrogens (tertiary/aromatic N) is 24. The van der Waals surface area contributed by atoms with Gasteiger partial charge in [0.05, 0.1) is 0 Å². The van der Waals surface area contributed by atoms with E-state index in [0.717, 1.165) is 0 Å². The molecule has 0 radical (unpaired) electrons. The third kappa shape index (κ3) is 12.2. The van der Waals surface area contributed by atoms with Crippen molar-refractivity contribution >= 4 is 0 Å². The summed E-state index contributed by atoms with van der Waals surface area (Å²) in [6, 6.07) is 0. The van der Waals surface area contributed by atoms with E-state index in [2.05, 4.69) is 56.8 Å². The first-order valence-electron chi connectivity index (χ1n) is 30.1. The predicted molar refractivity (Wildman–Crippen MR) is 318 cm³/mol. The first kappa shape index (κ1) is 92.3. The van der Waals surface area contributed by atoms with E-state index in [4.69, 9.17) is 0 Å². The van der Waals surface area contributed by atoms with Crippen molar-refractivity contribution in [3.8, 4) is 0 Å². The normalized spacial score (nSPS) is 29.6. The van der Waals surface area contributed by atoms with Crippen molar-refractivity contribution in [3.63, 3.8) is 0 Å². The van der Waals surface area contributed by atoms with Gasteiger partial charge >= 0.3 is 68.0 Å².